The lowest BCUT2D eigenvalue weighted by Gasteiger charge is -2.20. The van der Waals surface area contributed by atoms with Crippen molar-refractivity contribution in [2.75, 3.05) is 0 Å². The Hall–Kier alpha value is -0.900. The summed E-state index contributed by atoms with van der Waals surface area (Å²) in [6.45, 7) is 1.95. The first-order valence-corrected chi connectivity index (χ1v) is 6.21. The standard InChI is InChI=1S/C14H22O3/c1-2-6-13(16)14(17)10-12(15)9-11-7-4-3-5-8-11/h3-5,7-8,12-17H,2,6,9-10H2,1H3/t12-,13-,14-/m1/s1. The van der Waals surface area contributed by atoms with E-state index in [1.54, 1.807) is 0 Å². The Morgan fingerprint density at radius 3 is 2.24 bits per heavy atom. The monoisotopic (exact) mass is 238 g/mol. The van der Waals surface area contributed by atoms with E-state index in [-0.39, 0.29) is 6.42 Å². The van der Waals surface area contributed by atoms with E-state index in [0.717, 1.165) is 12.0 Å². The summed E-state index contributed by atoms with van der Waals surface area (Å²) in [6.07, 6.45) is -0.0584. The first-order chi connectivity index (χ1) is 8.13. The molecular weight excluding hydrogens is 216 g/mol. The maximum absolute atomic E-state index is 9.82. The van der Waals surface area contributed by atoms with Gasteiger partial charge in [0.05, 0.1) is 18.3 Å². The SMILES string of the molecule is CCC[C@@H](O)[C@H](O)C[C@H](O)Cc1ccccc1. The summed E-state index contributed by atoms with van der Waals surface area (Å²) in [4.78, 5) is 0. The van der Waals surface area contributed by atoms with Gasteiger partial charge in [-0.2, -0.15) is 0 Å². The highest BCUT2D eigenvalue weighted by Gasteiger charge is 2.19. The lowest BCUT2D eigenvalue weighted by molar-refractivity contribution is -0.0155. The van der Waals surface area contributed by atoms with Crippen LogP contribution in [0.15, 0.2) is 30.3 Å². The van der Waals surface area contributed by atoms with Gasteiger partial charge in [-0.3, -0.25) is 0 Å². The van der Waals surface area contributed by atoms with Gasteiger partial charge in [0.2, 0.25) is 0 Å². The zero-order chi connectivity index (χ0) is 12.7. The lowest BCUT2D eigenvalue weighted by Crippen LogP contribution is -2.30. The van der Waals surface area contributed by atoms with Crippen molar-refractivity contribution in [3.63, 3.8) is 0 Å². The van der Waals surface area contributed by atoms with Gasteiger partial charge < -0.3 is 15.3 Å². The zero-order valence-electron chi connectivity index (χ0n) is 10.3. The van der Waals surface area contributed by atoms with Crippen LogP contribution < -0.4 is 0 Å². The van der Waals surface area contributed by atoms with E-state index in [1.807, 2.05) is 37.3 Å². The second-order valence-corrected chi connectivity index (χ2v) is 4.50. The number of hydrogen-bond acceptors (Lipinski definition) is 3. The molecule has 0 aliphatic heterocycles. The molecule has 1 rings (SSSR count). The van der Waals surface area contributed by atoms with Crippen molar-refractivity contribution in [3.05, 3.63) is 35.9 Å². The number of hydrogen-bond donors (Lipinski definition) is 3. The molecular formula is C14H22O3. The summed E-state index contributed by atoms with van der Waals surface area (Å²) in [6, 6.07) is 9.65. The fraction of sp³-hybridized carbons (Fsp3) is 0.571. The molecule has 3 nitrogen and oxygen atoms in total. The van der Waals surface area contributed by atoms with Crippen LogP contribution in [0.25, 0.3) is 0 Å². The minimum absolute atomic E-state index is 0.218. The Kier molecular flexibility index (Phi) is 6.19. The first kappa shape index (κ1) is 14.2. The Morgan fingerprint density at radius 2 is 1.65 bits per heavy atom. The molecule has 0 amide bonds. The van der Waals surface area contributed by atoms with Gasteiger partial charge in [0, 0.05) is 6.42 Å². The van der Waals surface area contributed by atoms with Crippen LogP contribution in [0.3, 0.4) is 0 Å². The molecule has 0 aliphatic rings. The lowest BCUT2D eigenvalue weighted by atomic mass is 9.99. The Bertz CT molecular complexity index is 300. The molecule has 0 saturated carbocycles. The molecule has 0 aromatic heterocycles. The van der Waals surface area contributed by atoms with Crippen molar-refractivity contribution in [2.45, 2.75) is 50.9 Å². The molecule has 3 N–H and O–H groups in total. The molecule has 3 atom stereocenters. The van der Waals surface area contributed by atoms with Crippen LogP contribution in [0, 0.1) is 0 Å². The average Bonchev–Trinajstić information content (AvgIpc) is 2.30. The smallest absolute Gasteiger partial charge is 0.0823 e. The van der Waals surface area contributed by atoms with Crippen LogP contribution in [0.5, 0.6) is 0 Å². The van der Waals surface area contributed by atoms with E-state index in [1.165, 1.54) is 0 Å². The van der Waals surface area contributed by atoms with Gasteiger partial charge >= 0.3 is 0 Å². The van der Waals surface area contributed by atoms with Crippen LogP contribution >= 0.6 is 0 Å². The van der Waals surface area contributed by atoms with Crippen molar-refractivity contribution in [3.8, 4) is 0 Å². The number of rotatable bonds is 7. The molecule has 17 heavy (non-hydrogen) atoms. The number of aliphatic hydroxyl groups excluding tert-OH is 3. The Morgan fingerprint density at radius 1 is 1.00 bits per heavy atom. The van der Waals surface area contributed by atoms with Gasteiger partial charge in [0.1, 0.15) is 0 Å². The van der Waals surface area contributed by atoms with Crippen LogP contribution in [0.1, 0.15) is 31.7 Å². The minimum atomic E-state index is -0.839. The first-order valence-electron chi connectivity index (χ1n) is 6.21. The maximum Gasteiger partial charge on any atom is 0.0823 e. The molecule has 3 heteroatoms. The molecule has 0 radical (unpaired) electrons. The summed E-state index contributed by atoms with van der Waals surface area (Å²) in [7, 11) is 0. The highest BCUT2D eigenvalue weighted by Crippen LogP contribution is 2.12. The largest absolute Gasteiger partial charge is 0.393 e. The third-order valence-corrected chi connectivity index (χ3v) is 2.86. The van der Waals surface area contributed by atoms with Crippen LogP contribution in [0.2, 0.25) is 0 Å². The average molecular weight is 238 g/mol. The topological polar surface area (TPSA) is 60.7 Å². The summed E-state index contributed by atoms with van der Waals surface area (Å²) in [5, 5.41) is 29.1. The van der Waals surface area contributed by atoms with E-state index in [2.05, 4.69) is 0 Å². The Labute approximate surface area is 103 Å². The van der Waals surface area contributed by atoms with Gasteiger partial charge in [0.15, 0.2) is 0 Å². The summed E-state index contributed by atoms with van der Waals surface area (Å²) < 4.78 is 0. The molecule has 0 aliphatic carbocycles. The maximum atomic E-state index is 9.82. The number of benzene rings is 1. The van der Waals surface area contributed by atoms with Gasteiger partial charge in [0.25, 0.3) is 0 Å². The predicted octanol–water partition coefficient (Wildman–Crippen LogP) is 1.50. The van der Waals surface area contributed by atoms with Gasteiger partial charge in [-0.15, -0.1) is 0 Å². The van der Waals surface area contributed by atoms with E-state index in [4.69, 9.17) is 0 Å². The molecule has 0 saturated heterocycles. The van der Waals surface area contributed by atoms with Crippen molar-refractivity contribution < 1.29 is 15.3 Å². The normalized spacial score (nSPS) is 16.5. The van der Waals surface area contributed by atoms with E-state index in [0.29, 0.717) is 12.8 Å². The van der Waals surface area contributed by atoms with Crippen LogP contribution in [-0.4, -0.2) is 33.6 Å². The molecule has 0 spiro atoms. The van der Waals surface area contributed by atoms with Crippen LogP contribution in [-0.2, 0) is 6.42 Å². The van der Waals surface area contributed by atoms with E-state index >= 15 is 0 Å². The van der Waals surface area contributed by atoms with E-state index in [9.17, 15) is 15.3 Å². The molecule has 0 fully saturated rings. The minimum Gasteiger partial charge on any atom is -0.393 e. The second kappa shape index (κ2) is 7.43. The second-order valence-electron chi connectivity index (χ2n) is 4.50. The summed E-state index contributed by atoms with van der Waals surface area (Å²) in [5.41, 5.74) is 1.04. The molecule has 0 heterocycles. The molecule has 0 bridgehead atoms. The van der Waals surface area contributed by atoms with Gasteiger partial charge in [-0.1, -0.05) is 43.7 Å². The Balaban J connectivity index is 2.36. The molecule has 96 valence electrons. The summed E-state index contributed by atoms with van der Waals surface area (Å²) >= 11 is 0. The van der Waals surface area contributed by atoms with Crippen molar-refractivity contribution in [1.82, 2.24) is 0 Å². The van der Waals surface area contributed by atoms with Crippen molar-refractivity contribution >= 4 is 0 Å². The fourth-order valence-corrected chi connectivity index (χ4v) is 1.89. The highest BCUT2D eigenvalue weighted by molar-refractivity contribution is 5.15. The fourth-order valence-electron chi connectivity index (χ4n) is 1.89. The quantitative estimate of drug-likeness (QED) is 0.674. The number of aliphatic hydroxyl groups is 3. The highest BCUT2D eigenvalue weighted by atomic mass is 16.3. The van der Waals surface area contributed by atoms with Crippen molar-refractivity contribution in [2.24, 2.45) is 0 Å². The van der Waals surface area contributed by atoms with Crippen molar-refractivity contribution in [1.29, 1.82) is 0 Å². The third-order valence-electron chi connectivity index (χ3n) is 2.86. The van der Waals surface area contributed by atoms with Gasteiger partial charge in [-0.05, 0) is 18.4 Å². The van der Waals surface area contributed by atoms with Crippen LogP contribution in [0.4, 0.5) is 0 Å². The third kappa shape index (κ3) is 5.31. The zero-order valence-corrected chi connectivity index (χ0v) is 10.3. The molecule has 1 aromatic rings. The van der Waals surface area contributed by atoms with E-state index < -0.39 is 18.3 Å². The molecule has 0 unspecified atom stereocenters. The molecule has 1 aromatic carbocycles. The van der Waals surface area contributed by atoms with Gasteiger partial charge in [-0.25, -0.2) is 0 Å². The summed E-state index contributed by atoms with van der Waals surface area (Å²) in [5.74, 6) is 0. The predicted molar refractivity (Wildman–Crippen MR) is 67.7 cm³/mol.